The summed E-state index contributed by atoms with van der Waals surface area (Å²) in [5, 5.41) is 0. The van der Waals surface area contributed by atoms with E-state index in [0.29, 0.717) is 0 Å². The van der Waals surface area contributed by atoms with Crippen molar-refractivity contribution < 1.29 is 4.79 Å². The molecule has 3 heteroatoms. The summed E-state index contributed by atoms with van der Waals surface area (Å²) in [6, 6.07) is -0.201. The van der Waals surface area contributed by atoms with E-state index < -0.39 is 0 Å². The van der Waals surface area contributed by atoms with Gasteiger partial charge < -0.3 is 10.6 Å². The van der Waals surface area contributed by atoms with Crippen molar-refractivity contribution in [1.82, 2.24) is 4.90 Å². The van der Waals surface area contributed by atoms with Crippen molar-refractivity contribution in [1.29, 1.82) is 0 Å². The summed E-state index contributed by atoms with van der Waals surface area (Å²) >= 11 is 0. The van der Waals surface area contributed by atoms with Gasteiger partial charge >= 0.3 is 6.03 Å². The van der Waals surface area contributed by atoms with Gasteiger partial charge in [-0.2, -0.15) is 0 Å². The molecule has 3 nitrogen and oxygen atoms in total. The van der Waals surface area contributed by atoms with E-state index >= 15 is 0 Å². The second-order valence-electron chi connectivity index (χ2n) is 2.81. The molecule has 0 saturated heterocycles. The van der Waals surface area contributed by atoms with Gasteiger partial charge in [-0.3, -0.25) is 0 Å². The van der Waals surface area contributed by atoms with Gasteiger partial charge in [-0.05, 0) is 20.3 Å². The van der Waals surface area contributed by atoms with E-state index in [1.54, 1.807) is 4.90 Å². The zero-order chi connectivity index (χ0) is 8.85. The molecule has 0 aliphatic carbocycles. The molecule has 0 fully saturated rings. The average molecular weight is 157 g/mol. The van der Waals surface area contributed by atoms with Crippen molar-refractivity contribution in [3.8, 4) is 0 Å². The summed E-state index contributed by atoms with van der Waals surface area (Å²) in [6.45, 7) is 7.80. The Hall–Kier alpha value is -0.730. The van der Waals surface area contributed by atoms with Crippen LogP contribution in [-0.4, -0.2) is 17.0 Å². The van der Waals surface area contributed by atoms with Crippen LogP contribution in [0, 0.1) is 6.54 Å². The fourth-order valence-electron chi connectivity index (χ4n) is 0.823. The van der Waals surface area contributed by atoms with Crippen LogP contribution in [0.2, 0.25) is 0 Å². The molecule has 0 spiro atoms. The van der Waals surface area contributed by atoms with Crippen LogP contribution in [0.4, 0.5) is 4.79 Å². The largest absolute Gasteiger partial charge is 0.351 e. The van der Waals surface area contributed by atoms with Crippen molar-refractivity contribution in [2.45, 2.75) is 39.7 Å². The van der Waals surface area contributed by atoms with Crippen LogP contribution in [0.5, 0.6) is 0 Å². The molecular formula is C8H17N2O. The Morgan fingerprint density at radius 3 is 2.45 bits per heavy atom. The van der Waals surface area contributed by atoms with Gasteiger partial charge in [0.15, 0.2) is 0 Å². The van der Waals surface area contributed by atoms with E-state index in [1.165, 1.54) is 0 Å². The number of carbonyl (C=O) groups excluding carboxylic acids is 1. The summed E-state index contributed by atoms with van der Waals surface area (Å²) in [6.07, 6.45) is 1.94. The Bertz CT molecular complexity index is 123. The maximum Gasteiger partial charge on any atom is 0.315 e. The van der Waals surface area contributed by atoms with Gasteiger partial charge in [-0.15, -0.1) is 0 Å². The fourth-order valence-corrected chi connectivity index (χ4v) is 0.823. The van der Waals surface area contributed by atoms with Crippen molar-refractivity contribution in [3.05, 3.63) is 6.54 Å². The quantitative estimate of drug-likeness (QED) is 0.663. The molecule has 0 atom stereocenters. The fraction of sp³-hybridized carbons (Fsp3) is 0.750. The van der Waals surface area contributed by atoms with Gasteiger partial charge in [0.25, 0.3) is 0 Å². The van der Waals surface area contributed by atoms with E-state index in [9.17, 15) is 4.79 Å². The van der Waals surface area contributed by atoms with Crippen molar-refractivity contribution in [2.75, 3.05) is 0 Å². The first-order chi connectivity index (χ1) is 5.09. The third-order valence-corrected chi connectivity index (χ3v) is 1.43. The second kappa shape index (κ2) is 4.99. The SMILES string of the molecule is CCC[CH]N(C(N)=O)C(C)C. The molecule has 0 heterocycles. The Balaban J connectivity index is 3.80. The molecule has 65 valence electrons. The smallest absolute Gasteiger partial charge is 0.315 e. The number of amides is 2. The average Bonchev–Trinajstić information content (AvgIpc) is 1.87. The summed E-state index contributed by atoms with van der Waals surface area (Å²) in [7, 11) is 0. The molecule has 2 N–H and O–H groups in total. The van der Waals surface area contributed by atoms with E-state index in [2.05, 4.69) is 6.92 Å². The van der Waals surface area contributed by atoms with E-state index in [4.69, 9.17) is 5.73 Å². The third kappa shape index (κ3) is 3.86. The molecule has 11 heavy (non-hydrogen) atoms. The van der Waals surface area contributed by atoms with Gasteiger partial charge in [0.05, 0.1) is 6.54 Å². The minimum absolute atomic E-state index is 0.166. The Morgan fingerprint density at radius 1 is 1.64 bits per heavy atom. The van der Waals surface area contributed by atoms with Crippen molar-refractivity contribution in [3.63, 3.8) is 0 Å². The third-order valence-electron chi connectivity index (χ3n) is 1.43. The highest BCUT2D eigenvalue weighted by Crippen LogP contribution is 2.04. The van der Waals surface area contributed by atoms with E-state index in [-0.39, 0.29) is 12.1 Å². The molecule has 0 bridgehead atoms. The molecule has 0 aliphatic heterocycles. The lowest BCUT2D eigenvalue weighted by Gasteiger charge is -2.23. The molecule has 0 saturated carbocycles. The number of carbonyl (C=O) groups is 1. The maximum atomic E-state index is 10.8. The van der Waals surface area contributed by atoms with Crippen molar-refractivity contribution >= 4 is 6.03 Å². The van der Waals surface area contributed by atoms with Crippen LogP contribution in [0.1, 0.15) is 33.6 Å². The zero-order valence-corrected chi connectivity index (χ0v) is 7.50. The zero-order valence-electron chi connectivity index (χ0n) is 7.50. The van der Waals surface area contributed by atoms with Gasteiger partial charge in [0.2, 0.25) is 0 Å². The number of nitrogens with two attached hydrogens (primary N) is 1. The molecule has 0 aromatic carbocycles. The monoisotopic (exact) mass is 157 g/mol. The second-order valence-corrected chi connectivity index (χ2v) is 2.81. The van der Waals surface area contributed by atoms with Crippen LogP contribution in [0.3, 0.4) is 0 Å². The van der Waals surface area contributed by atoms with Gasteiger partial charge in [0, 0.05) is 6.04 Å². The Morgan fingerprint density at radius 2 is 2.18 bits per heavy atom. The molecule has 2 amide bonds. The minimum Gasteiger partial charge on any atom is -0.351 e. The maximum absolute atomic E-state index is 10.8. The van der Waals surface area contributed by atoms with Crippen LogP contribution < -0.4 is 5.73 Å². The first-order valence-corrected chi connectivity index (χ1v) is 4.00. The molecule has 0 aromatic heterocycles. The highest BCUT2D eigenvalue weighted by molar-refractivity contribution is 5.73. The minimum atomic E-state index is -0.367. The van der Waals surface area contributed by atoms with Crippen LogP contribution in [0.15, 0.2) is 0 Å². The van der Waals surface area contributed by atoms with E-state index in [1.807, 2.05) is 20.4 Å². The lowest BCUT2D eigenvalue weighted by Crippen LogP contribution is -2.38. The number of nitrogens with zero attached hydrogens (tertiary/aromatic N) is 1. The predicted molar refractivity (Wildman–Crippen MR) is 45.8 cm³/mol. The van der Waals surface area contributed by atoms with Crippen LogP contribution >= 0.6 is 0 Å². The number of primary amides is 1. The predicted octanol–water partition coefficient (Wildman–Crippen LogP) is 1.74. The van der Waals surface area contributed by atoms with Crippen LogP contribution in [0.25, 0.3) is 0 Å². The summed E-state index contributed by atoms with van der Waals surface area (Å²) in [4.78, 5) is 12.3. The topological polar surface area (TPSA) is 46.3 Å². The molecular weight excluding hydrogens is 140 g/mol. The Kier molecular flexibility index (Phi) is 4.66. The number of urea groups is 1. The Labute approximate surface area is 68.6 Å². The molecule has 1 radical (unpaired) electrons. The normalized spacial score (nSPS) is 10.2. The first-order valence-electron chi connectivity index (χ1n) is 4.00. The summed E-state index contributed by atoms with van der Waals surface area (Å²) < 4.78 is 0. The summed E-state index contributed by atoms with van der Waals surface area (Å²) in [5.41, 5.74) is 5.13. The number of unbranched alkanes of at least 4 members (excludes halogenated alkanes) is 1. The van der Waals surface area contributed by atoms with Gasteiger partial charge in [-0.1, -0.05) is 13.3 Å². The van der Waals surface area contributed by atoms with Crippen LogP contribution in [-0.2, 0) is 0 Å². The van der Waals surface area contributed by atoms with Crippen molar-refractivity contribution in [2.24, 2.45) is 5.73 Å². The van der Waals surface area contributed by atoms with E-state index in [0.717, 1.165) is 12.8 Å². The number of hydrogen-bond donors (Lipinski definition) is 1. The highest BCUT2D eigenvalue weighted by atomic mass is 16.2. The molecule has 0 unspecified atom stereocenters. The lowest BCUT2D eigenvalue weighted by molar-refractivity contribution is 0.206. The molecule has 0 aliphatic rings. The summed E-state index contributed by atoms with van der Waals surface area (Å²) in [5.74, 6) is 0. The standard InChI is InChI=1S/C8H17N2O/c1-4-5-6-10(7(2)3)8(9)11/h6-7H,4-5H2,1-3H3,(H2,9,11). The molecule has 0 aromatic rings. The highest BCUT2D eigenvalue weighted by Gasteiger charge is 2.11. The van der Waals surface area contributed by atoms with Gasteiger partial charge in [0.1, 0.15) is 0 Å². The number of hydrogen-bond acceptors (Lipinski definition) is 1. The molecule has 0 rings (SSSR count). The number of rotatable bonds is 4. The first kappa shape index (κ1) is 10.3. The van der Waals surface area contributed by atoms with Gasteiger partial charge in [-0.25, -0.2) is 4.79 Å². The lowest BCUT2D eigenvalue weighted by atomic mass is 10.2.